The zero-order valence-electron chi connectivity index (χ0n) is 6.45. The summed E-state index contributed by atoms with van der Waals surface area (Å²) >= 11 is 0. The van der Waals surface area contributed by atoms with Gasteiger partial charge in [0.2, 0.25) is 0 Å². The van der Waals surface area contributed by atoms with Crippen LogP contribution in [0.5, 0.6) is 0 Å². The molecular formula is C6H11N3O3. The van der Waals surface area contributed by atoms with Crippen LogP contribution in [0, 0.1) is 5.92 Å². The summed E-state index contributed by atoms with van der Waals surface area (Å²) < 4.78 is 0. The van der Waals surface area contributed by atoms with E-state index in [1.807, 2.05) is 0 Å². The van der Waals surface area contributed by atoms with E-state index in [1.54, 1.807) is 0 Å². The second-order valence-corrected chi connectivity index (χ2v) is 2.61. The van der Waals surface area contributed by atoms with Gasteiger partial charge in [0.25, 0.3) is 0 Å². The third kappa shape index (κ3) is 2.09. The third-order valence-corrected chi connectivity index (χ3v) is 1.80. The minimum absolute atomic E-state index is 0.0221. The van der Waals surface area contributed by atoms with Crippen LogP contribution in [0.25, 0.3) is 0 Å². The number of hydrogen-bond donors (Lipinski definition) is 4. The molecular weight excluding hydrogens is 162 g/mol. The number of nitrogens with one attached hydrogen (secondary N) is 2. The molecule has 6 nitrogen and oxygen atoms in total. The Hall–Kier alpha value is -1.30. The second kappa shape index (κ2) is 3.91. The lowest BCUT2D eigenvalue weighted by atomic mass is 10.1. The smallest absolute Gasteiger partial charge is 0.404 e. The van der Waals surface area contributed by atoms with Crippen molar-refractivity contribution >= 4 is 11.8 Å². The molecule has 0 aliphatic carbocycles. The van der Waals surface area contributed by atoms with Crippen molar-refractivity contribution in [3.8, 4) is 0 Å². The molecule has 1 rings (SSSR count). The molecule has 1 saturated heterocycles. The molecule has 0 aromatic carbocycles. The standard InChI is InChI=1S/C6H11N3O3/c10-6(11)8-2-4-1-7-3-5(4)9-12/h4,7-8,12H,1-3H2,(H,10,11)/t4-/m0/s1. The largest absolute Gasteiger partial charge is 0.465 e. The first-order chi connectivity index (χ1) is 5.74. The second-order valence-electron chi connectivity index (χ2n) is 2.61. The highest BCUT2D eigenvalue weighted by Gasteiger charge is 2.22. The Morgan fingerprint density at radius 2 is 2.58 bits per heavy atom. The van der Waals surface area contributed by atoms with Gasteiger partial charge in [-0.25, -0.2) is 4.79 Å². The molecule has 1 fully saturated rings. The number of hydrogen-bond acceptors (Lipinski definition) is 4. The van der Waals surface area contributed by atoms with Crippen molar-refractivity contribution in [2.75, 3.05) is 19.6 Å². The lowest BCUT2D eigenvalue weighted by molar-refractivity contribution is 0.193. The highest BCUT2D eigenvalue weighted by Crippen LogP contribution is 2.03. The summed E-state index contributed by atoms with van der Waals surface area (Å²) in [4.78, 5) is 10.1. The van der Waals surface area contributed by atoms with Gasteiger partial charge in [-0.3, -0.25) is 0 Å². The molecule has 0 aromatic heterocycles. The van der Waals surface area contributed by atoms with Crippen LogP contribution in [0.2, 0.25) is 0 Å². The molecule has 0 saturated carbocycles. The van der Waals surface area contributed by atoms with Gasteiger partial charge in [0.15, 0.2) is 0 Å². The van der Waals surface area contributed by atoms with Gasteiger partial charge in [-0.15, -0.1) is 0 Å². The zero-order valence-corrected chi connectivity index (χ0v) is 6.45. The molecule has 0 aromatic rings. The quantitative estimate of drug-likeness (QED) is 0.328. The Morgan fingerprint density at radius 1 is 1.83 bits per heavy atom. The predicted octanol–water partition coefficient (Wildman–Crippen LogP) is -0.696. The van der Waals surface area contributed by atoms with Crippen molar-refractivity contribution in [1.29, 1.82) is 0 Å². The molecule has 0 radical (unpaired) electrons. The van der Waals surface area contributed by atoms with E-state index in [0.29, 0.717) is 25.3 Å². The van der Waals surface area contributed by atoms with Crippen molar-refractivity contribution in [2.24, 2.45) is 11.1 Å². The minimum Gasteiger partial charge on any atom is -0.465 e. The zero-order chi connectivity index (χ0) is 8.97. The lowest BCUT2D eigenvalue weighted by Gasteiger charge is -2.07. The number of carboxylic acid groups (broad SMARTS) is 1. The molecule has 6 heteroatoms. The number of carbonyl (C=O) groups is 1. The Morgan fingerprint density at radius 3 is 3.17 bits per heavy atom. The van der Waals surface area contributed by atoms with Gasteiger partial charge < -0.3 is 20.9 Å². The lowest BCUT2D eigenvalue weighted by Crippen LogP contribution is -2.31. The average molecular weight is 173 g/mol. The van der Waals surface area contributed by atoms with Gasteiger partial charge >= 0.3 is 6.09 Å². The fourth-order valence-electron chi connectivity index (χ4n) is 1.15. The first kappa shape index (κ1) is 8.79. The van der Waals surface area contributed by atoms with Crippen LogP contribution in [0.4, 0.5) is 4.79 Å². The van der Waals surface area contributed by atoms with E-state index >= 15 is 0 Å². The van der Waals surface area contributed by atoms with E-state index in [1.165, 1.54) is 0 Å². The molecule has 0 bridgehead atoms. The van der Waals surface area contributed by atoms with E-state index in [0.717, 1.165) is 0 Å². The Balaban J connectivity index is 2.36. The Bertz CT molecular complexity index is 204. The number of amides is 1. The van der Waals surface area contributed by atoms with Crippen LogP contribution in [0.15, 0.2) is 5.16 Å². The van der Waals surface area contributed by atoms with Crippen LogP contribution >= 0.6 is 0 Å². The number of rotatable bonds is 2. The molecule has 0 spiro atoms. The summed E-state index contributed by atoms with van der Waals surface area (Å²) in [6.45, 7) is 1.48. The topological polar surface area (TPSA) is 94.0 Å². The fraction of sp³-hybridized carbons (Fsp3) is 0.667. The molecule has 68 valence electrons. The van der Waals surface area contributed by atoms with Crippen LogP contribution in [0.1, 0.15) is 0 Å². The Labute approximate surface area is 69.3 Å². The van der Waals surface area contributed by atoms with Crippen molar-refractivity contribution in [2.45, 2.75) is 0 Å². The predicted molar refractivity (Wildman–Crippen MR) is 41.6 cm³/mol. The maximum atomic E-state index is 10.1. The SMILES string of the molecule is O=C(O)NC[C@@H]1CNCC1=NO. The summed E-state index contributed by atoms with van der Waals surface area (Å²) in [5.41, 5.74) is 0.601. The molecule has 1 aliphatic heterocycles. The van der Waals surface area contributed by atoms with Crippen molar-refractivity contribution in [1.82, 2.24) is 10.6 Å². The van der Waals surface area contributed by atoms with Gasteiger partial charge in [0.1, 0.15) is 0 Å². The van der Waals surface area contributed by atoms with Crippen LogP contribution in [-0.2, 0) is 0 Å². The summed E-state index contributed by atoms with van der Waals surface area (Å²) in [7, 11) is 0. The van der Waals surface area contributed by atoms with Crippen LogP contribution in [-0.4, -0.2) is 41.8 Å². The maximum Gasteiger partial charge on any atom is 0.404 e. The molecule has 1 aliphatic rings. The van der Waals surface area contributed by atoms with Crippen LogP contribution in [0.3, 0.4) is 0 Å². The van der Waals surface area contributed by atoms with Crippen molar-refractivity contribution in [3.63, 3.8) is 0 Å². The van der Waals surface area contributed by atoms with Gasteiger partial charge in [0, 0.05) is 25.6 Å². The summed E-state index contributed by atoms with van der Waals surface area (Å²) in [5, 5.41) is 25.1. The summed E-state index contributed by atoms with van der Waals surface area (Å²) in [6.07, 6.45) is -1.06. The molecule has 4 N–H and O–H groups in total. The van der Waals surface area contributed by atoms with Crippen molar-refractivity contribution < 1.29 is 15.1 Å². The third-order valence-electron chi connectivity index (χ3n) is 1.80. The molecule has 1 amide bonds. The van der Waals surface area contributed by atoms with Gasteiger partial charge in [-0.2, -0.15) is 0 Å². The first-order valence-corrected chi connectivity index (χ1v) is 3.62. The average Bonchev–Trinajstić information content (AvgIpc) is 2.47. The highest BCUT2D eigenvalue weighted by molar-refractivity contribution is 5.90. The normalized spacial score (nSPS) is 26.0. The van der Waals surface area contributed by atoms with Gasteiger partial charge in [-0.05, 0) is 0 Å². The minimum atomic E-state index is -1.06. The molecule has 1 atom stereocenters. The van der Waals surface area contributed by atoms with Gasteiger partial charge in [-0.1, -0.05) is 5.16 Å². The van der Waals surface area contributed by atoms with E-state index < -0.39 is 6.09 Å². The first-order valence-electron chi connectivity index (χ1n) is 3.62. The van der Waals surface area contributed by atoms with E-state index in [4.69, 9.17) is 10.3 Å². The summed E-state index contributed by atoms with van der Waals surface area (Å²) in [5.74, 6) is -0.0221. The maximum absolute atomic E-state index is 10.1. The highest BCUT2D eigenvalue weighted by atomic mass is 16.4. The fourth-order valence-corrected chi connectivity index (χ4v) is 1.15. The Kier molecular flexibility index (Phi) is 2.87. The van der Waals surface area contributed by atoms with E-state index in [9.17, 15) is 4.79 Å². The van der Waals surface area contributed by atoms with E-state index in [2.05, 4.69) is 15.8 Å². The monoisotopic (exact) mass is 173 g/mol. The van der Waals surface area contributed by atoms with E-state index in [-0.39, 0.29) is 5.92 Å². The van der Waals surface area contributed by atoms with Crippen molar-refractivity contribution in [3.05, 3.63) is 0 Å². The summed E-state index contributed by atoms with van der Waals surface area (Å²) in [6, 6.07) is 0. The molecule has 0 unspecified atom stereocenters. The number of oxime groups is 1. The van der Waals surface area contributed by atoms with Crippen LogP contribution < -0.4 is 10.6 Å². The van der Waals surface area contributed by atoms with Gasteiger partial charge in [0.05, 0.1) is 5.71 Å². The number of nitrogens with zero attached hydrogens (tertiary/aromatic N) is 1. The molecule has 12 heavy (non-hydrogen) atoms. The molecule has 1 heterocycles.